The summed E-state index contributed by atoms with van der Waals surface area (Å²) >= 11 is 0. The van der Waals surface area contributed by atoms with Crippen LogP contribution in [0, 0.1) is 18.8 Å². The third-order valence-corrected chi connectivity index (χ3v) is 11.1. The van der Waals surface area contributed by atoms with E-state index in [1.807, 2.05) is 17.9 Å². The average molecular weight is 789 g/mol. The van der Waals surface area contributed by atoms with E-state index in [0.717, 1.165) is 30.9 Å². The first-order chi connectivity index (χ1) is 27.0. The van der Waals surface area contributed by atoms with Crippen molar-refractivity contribution in [2.75, 3.05) is 71.8 Å². The van der Waals surface area contributed by atoms with Crippen LogP contribution in [0.25, 0.3) is 0 Å². The molecule has 1 aromatic carbocycles. The van der Waals surface area contributed by atoms with Gasteiger partial charge < -0.3 is 29.5 Å². The van der Waals surface area contributed by atoms with E-state index >= 15 is 4.39 Å². The predicted octanol–water partition coefficient (Wildman–Crippen LogP) is 3.77. The van der Waals surface area contributed by atoms with E-state index in [9.17, 15) is 23.6 Å². The number of nitrogens with zero attached hydrogens (tertiary/aromatic N) is 9. The zero-order chi connectivity index (χ0) is 41.2. The molecule has 0 bridgehead atoms. The second-order valence-electron chi connectivity index (χ2n) is 16.0. The number of likely N-dealkylation sites (tertiary alicyclic amines) is 1. The van der Waals surface area contributed by atoms with Gasteiger partial charge in [0.05, 0.1) is 33.1 Å². The highest BCUT2D eigenvalue weighted by molar-refractivity contribution is 6.03. The molecular weight excluding hydrogens is 737 g/mol. The Labute approximate surface area is 331 Å². The van der Waals surface area contributed by atoms with Crippen LogP contribution in [0.4, 0.5) is 14.5 Å². The summed E-state index contributed by atoms with van der Waals surface area (Å²) in [7, 11) is 6.01. The van der Waals surface area contributed by atoms with Crippen LogP contribution < -0.4 is 10.6 Å². The van der Waals surface area contributed by atoms with Crippen molar-refractivity contribution >= 4 is 46.8 Å². The maximum absolute atomic E-state index is 15.7. The Bertz CT molecular complexity index is 2090. The number of nitrogens with one attached hydrogen (secondary N) is 2. The van der Waals surface area contributed by atoms with Gasteiger partial charge >= 0.3 is 0 Å². The zero-order valence-corrected chi connectivity index (χ0v) is 33.7. The van der Waals surface area contributed by atoms with E-state index in [4.69, 9.17) is 0 Å². The molecule has 2 N–H and O–H groups in total. The van der Waals surface area contributed by atoms with Crippen molar-refractivity contribution in [3.8, 4) is 0 Å². The van der Waals surface area contributed by atoms with Gasteiger partial charge in [-0.2, -0.15) is 9.49 Å². The van der Waals surface area contributed by atoms with Crippen LogP contribution in [0.15, 0.2) is 63.3 Å². The fraction of sp³-hybridized carbons (Fsp3) is 0.500. The molecule has 57 heavy (non-hydrogen) atoms. The minimum absolute atomic E-state index is 0.0428. The van der Waals surface area contributed by atoms with Crippen LogP contribution in [-0.2, 0) is 16.6 Å². The summed E-state index contributed by atoms with van der Waals surface area (Å²) in [6.07, 6.45) is 6.29. The molecule has 304 valence electrons. The van der Waals surface area contributed by atoms with Crippen LogP contribution in [0.3, 0.4) is 0 Å². The average Bonchev–Trinajstić information content (AvgIpc) is 3.84. The molecule has 2 aromatic rings. The normalized spacial score (nSPS) is 22.6. The summed E-state index contributed by atoms with van der Waals surface area (Å²) in [6.45, 7) is 10.3. The van der Waals surface area contributed by atoms with Gasteiger partial charge in [0.1, 0.15) is 18.2 Å². The summed E-state index contributed by atoms with van der Waals surface area (Å²) in [5, 5.41) is 18.3. The van der Waals surface area contributed by atoms with E-state index in [-0.39, 0.29) is 47.8 Å². The van der Waals surface area contributed by atoms with E-state index in [0.29, 0.717) is 72.9 Å². The molecule has 4 amide bonds. The van der Waals surface area contributed by atoms with Gasteiger partial charge in [-0.1, -0.05) is 6.08 Å². The highest BCUT2D eigenvalue weighted by atomic mass is 19.1. The van der Waals surface area contributed by atoms with Crippen LogP contribution in [0.5, 0.6) is 0 Å². The quantitative estimate of drug-likeness (QED) is 0.171. The molecular formula is C40H52F2N11O4+. The summed E-state index contributed by atoms with van der Waals surface area (Å²) in [5.41, 5.74) is 3.57. The standard InChI is InChI=1S/C40H51F2N11O4/c1-24-18-30(9-11-31(24)40(57)51-15-13-50(14-16-51)39(56)29-12-17-53(6,7)23-29)45-38(55)37-43-20-35(49(37)5)28-8-10-32(34(42)19-28)33-21-52(48-25(33)2)22-36(54)44-27(4)47-46-26(3)41/h9-11,18-20,28-29,33H,8,12-17,21-23H2,1-7H3,(H-,44,45,47,54,55,57)/p+1/b46-26+. The summed E-state index contributed by atoms with van der Waals surface area (Å²) < 4.78 is 31.1. The lowest BCUT2D eigenvalue weighted by molar-refractivity contribution is -0.878. The lowest BCUT2D eigenvalue weighted by Gasteiger charge is -2.36. The topological polar surface area (TPSA) is 157 Å². The number of benzene rings is 1. The summed E-state index contributed by atoms with van der Waals surface area (Å²) in [6, 6.07) is 5.15. The van der Waals surface area contributed by atoms with Gasteiger partial charge in [-0.15, -0.1) is 10.2 Å². The maximum Gasteiger partial charge on any atom is 0.291 e. The zero-order valence-electron chi connectivity index (χ0n) is 33.7. The number of imidazole rings is 1. The number of anilines is 1. The number of quaternary nitrogens is 1. The number of aryl methyl sites for hydroxylation is 1. The van der Waals surface area contributed by atoms with Crippen molar-refractivity contribution in [3.63, 3.8) is 0 Å². The molecule has 4 heterocycles. The van der Waals surface area contributed by atoms with Gasteiger partial charge in [0, 0.05) is 93.8 Å². The molecule has 0 saturated carbocycles. The number of carbonyl (C=O) groups is 4. The van der Waals surface area contributed by atoms with E-state index in [1.54, 1.807) is 52.8 Å². The Morgan fingerprint density at radius 2 is 1.75 bits per heavy atom. The Morgan fingerprint density at radius 3 is 2.40 bits per heavy atom. The molecule has 2 fully saturated rings. The van der Waals surface area contributed by atoms with Crippen LogP contribution in [-0.4, -0.2) is 136 Å². The minimum Gasteiger partial charge on any atom is -0.339 e. The molecule has 0 spiro atoms. The number of rotatable bonds is 9. The lowest BCUT2D eigenvalue weighted by atomic mass is 9.86. The number of allylic oxidation sites excluding steroid dienone is 3. The number of amides is 4. The number of halogens is 2. The summed E-state index contributed by atoms with van der Waals surface area (Å²) in [5.74, 6) is -2.30. The van der Waals surface area contributed by atoms with Crippen molar-refractivity contribution in [2.24, 2.45) is 34.2 Å². The maximum atomic E-state index is 15.7. The molecule has 17 heteroatoms. The number of hydrogen-bond acceptors (Lipinski definition) is 9. The second-order valence-corrected chi connectivity index (χ2v) is 16.0. The van der Waals surface area contributed by atoms with Gasteiger partial charge in [-0.3, -0.25) is 24.2 Å². The first-order valence-corrected chi connectivity index (χ1v) is 19.2. The van der Waals surface area contributed by atoms with E-state index in [2.05, 4.69) is 45.0 Å². The van der Waals surface area contributed by atoms with E-state index in [1.165, 1.54) is 13.0 Å². The molecule has 15 nitrogen and oxygen atoms in total. The molecule has 3 atom stereocenters. The van der Waals surface area contributed by atoms with Crippen LogP contribution >= 0.6 is 0 Å². The monoisotopic (exact) mass is 788 g/mol. The van der Waals surface area contributed by atoms with Gasteiger partial charge in [0.25, 0.3) is 11.8 Å². The molecule has 1 aliphatic carbocycles. The number of amidine groups is 1. The number of hydrogen-bond donors (Lipinski definition) is 2. The Kier molecular flexibility index (Phi) is 12.2. The number of hydrazone groups is 1. The lowest BCUT2D eigenvalue weighted by Crippen LogP contribution is -2.52. The molecule has 0 radical (unpaired) electrons. The number of aromatic nitrogens is 2. The third kappa shape index (κ3) is 9.52. The van der Waals surface area contributed by atoms with Crippen LogP contribution in [0.2, 0.25) is 0 Å². The SMILES string of the molecule is CC1=NN(CC(=O)N/C(C)=N/N=C(\C)F)CC1C1=CCC(c2cnc(C(=O)Nc3ccc(C(=O)N4CCN(C(=O)C5CC[N+](C)(C)C5)CC4)c(C)c3)n2C)C=C1F. The molecule has 3 unspecified atom stereocenters. The van der Waals surface area contributed by atoms with Gasteiger partial charge in [-0.25, -0.2) is 9.37 Å². The van der Waals surface area contributed by atoms with E-state index < -0.39 is 23.6 Å². The van der Waals surface area contributed by atoms with Gasteiger partial charge in [0.2, 0.25) is 17.8 Å². The molecule has 2 saturated heterocycles. The highest BCUT2D eigenvalue weighted by Crippen LogP contribution is 2.37. The predicted molar refractivity (Wildman–Crippen MR) is 213 cm³/mol. The fourth-order valence-electron chi connectivity index (χ4n) is 8.07. The molecule has 4 aliphatic rings. The Morgan fingerprint density at radius 1 is 1.04 bits per heavy atom. The van der Waals surface area contributed by atoms with Gasteiger partial charge in [-0.05, 0) is 62.6 Å². The second kappa shape index (κ2) is 16.9. The first-order valence-electron chi connectivity index (χ1n) is 19.2. The number of piperazine rings is 1. The van der Waals surface area contributed by atoms with Crippen molar-refractivity contribution in [1.29, 1.82) is 0 Å². The first kappa shape index (κ1) is 41.1. The molecule has 6 rings (SSSR count). The smallest absolute Gasteiger partial charge is 0.291 e. The van der Waals surface area contributed by atoms with Crippen molar-refractivity contribution in [3.05, 3.63) is 70.6 Å². The van der Waals surface area contributed by atoms with Crippen molar-refractivity contribution < 1.29 is 32.4 Å². The number of carbonyl (C=O) groups excluding carboxylic acids is 4. The van der Waals surface area contributed by atoms with Crippen molar-refractivity contribution in [2.45, 2.75) is 46.5 Å². The Hall–Kier alpha value is -5.58. The molecule has 1 aromatic heterocycles. The van der Waals surface area contributed by atoms with Crippen molar-refractivity contribution in [1.82, 2.24) is 29.7 Å². The fourth-order valence-corrected chi connectivity index (χ4v) is 8.07. The highest BCUT2D eigenvalue weighted by Gasteiger charge is 2.39. The minimum atomic E-state index is -0.734. The van der Waals surface area contributed by atoms with Crippen LogP contribution in [0.1, 0.15) is 71.8 Å². The Balaban J connectivity index is 1.01. The largest absolute Gasteiger partial charge is 0.339 e. The third-order valence-electron chi connectivity index (χ3n) is 11.1. The van der Waals surface area contributed by atoms with Gasteiger partial charge in [0.15, 0.2) is 5.82 Å². The summed E-state index contributed by atoms with van der Waals surface area (Å²) in [4.78, 5) is 60.5. The molecule has 3 aliphatic heterocycles.